The Morgan fingerprint density at radius 2 is 1.28 bits per heavy atom. The van der Waals surface area contributed by atoms with Gasteiger partial charge in [-0.1, -0.05) is 62.8 Å². The normalized spacial score (nSPS) is 19.5. The molecule has 2 saturated carbocycles. The molecule has 0 unspecified atom stereocenters. The van der Waals surface area contributed by atoms with E-state index in [4.69, 9.17) is 0 Å². The van der Waals surface area contributed by atoms with Gasteiger partial charge in [0.2, 0.25) is 0 Å². The molecule has 0 saturated heterocycles. The number of nitriles is 1. The Labute approximate surface area is 192 Å². The predicted octanol–water partition coefficient (Wildman–Crippen LogP) is 7.14. The molecule has 2 aliphatic rings. The number of benzene rings is 2. The molecule has 4 rings (SSSR count). The van der Waals surface area contributed by atoms with E-state index in [0.717, 1.165) is 37.8 Å². The molecule has 0 aliphatic heterocycles. The standard InChI is InChI=1S/C15H22FN.C13H14FN/c1-17(2)12-15(9-4-3-5-10-15)13-7-6-8-14(16)11-13;14-12-6-4-5-11(9-12)13(10-15)7-2-1-3-8-13/h6-8,11H,3-5,9-10,12H2,1-2H3;4-6,9H,1-3,7-8H2. The topological polar surface area (TPSA) is 27.0 Å². The van der Waals surface area contributed by atoms with Crippen LogP contribution in [0.25, 0.3) is 0 Å². The summed E-state index contributed by atoms with van der Waals surface area (Å²) in [6, 6.07) is 16.1. The largest absolute Gasteiger partial charge is 0.309 e. The Balaban J connectivity index is 0.000000182. The number of likely N-dealkylation sites (N-methyl/N-ethyl adjacent to an activating group) is 1. The number of hydrogen-bond acceptors (Lipinski definition) is 2. The maximum atomic E-state index is 13.4. The van der Waals surface area contributed by atoms with Crippen LogP contribution in [0.1, 0.15) is 75.3 Å². The molecule has 0 radical (unpaired) electrons. The second-order valence-electron chi connectivity index (χ2n) is 9.85. The molecule has 172 valence electrons. The average Bonchev–Trinajstić information content (AvgIpc) is 2.80. The van der Waals surface area contributed by atoms with Crippen LogP contribution in [0.3, 0.4) is 0 Å². The van der Waals surface area contributed by atoms with E-state index in [1.54, 1.807) is 12.1 Å². The molecule has 32 heavy (non-hydrogen) atoms. The summed E-state index contributed by atoms with van der Waals surface area (Å²) in [5.74, 6) is -0.348. The zero-order valence-corrected chi connectivity index (χ0v) is 19.5. The SMILES string of the molecule is CN(C)CC1(c2cccc(F)c2)CCCCC1.N#CC1(c2cccc(F)c2)CCCCC1. The van der Waals surface area contributed by atoms with Crippen molar-refractivity contribution < 1.29 is 8.78 Å². The van der Waals surface area contributed by atoms with Gasteiger partial charge in [-0.05, 0) is 75.2 Å². The highest BCUT2D eigenvalue weighted by Gasteiger charge is 2.35. The van der Waals surface area contributed by atoms with Gasteiger partial charge in [-0.15, -0.1) is 0 Å². The van der Waals surface area contributed by atoms with E-state index in [2.05, 4.69) is 31.1 Å². The summed E-state index contributed by atoms with van der Waals surface area (Å²) in [4.78, 5) is 2.23. The zero-order chi connectivity index (χ0) is 23.0. The first kappa shape index (κ1) is 24.4. The molecular formula is C28H36F2N2. The van der Waals surface area contributed by atoms with Gasteiger partial charge in [-0.25, -0.2) is 8.78 Å². The first-order valence-electron chi connectivity index (χ1n) is 12.0. The Morgan fingerprint density at radius 1 is 0.781 bits per heavy atom. The van der Waals surface area contributed by atoms with E-state index in [-0.39, 0.29) is 17.0 Å². The Bertz CT molecular complexity index is 904. The second-order valence-corrected chi connectivity index (χ2v) is 9.85. The van der Waals surface area contributed by atoms with E-state index < -0.39 is 5.41 Å². The molecule has 0 heterocycles. The van der Waals surface area contributed by atoms with Crippen molar-refractivity contribution >= 4 is 0 Å². The summed E-state index contributed by atoms with van der Waals surface area (Å²) in [6.07, 6.45) is 11.3. The van der Waals surface area contributed by atoms with Crippen LogP contribution >= 0.6 is 0 Å². The number of rotatable bonds is 4. The molecule has 2 aromatic rings. The van der Waals surface area contributed by atoms with Crippen LogP contribution in [-0.4, -0.2) is 25.5 Å². The first-order chi connectivity index (χ1) is 15.4. The molecule has 0 bridgehead atoms. The highest BCUT2D eigenvalue weighted by molar-refractivity contribution is 5.33. The predicted molar refractivity (Wildman–Crippen MR) is 126 cm³/mol. The average molecular weight is 439 g/mol. The van der Waals surface area contributed by atoms with Crippen molar-refractivity contribution in [3.8, 4) is 6.07 Å². The highest BCUT2D eigenvalue weighted by Crippen LogP contribution is 2.40. The smallest absolute Gasteiger partial charge is 0.123 e. The fraction of sp³-hybridized carbons (Fsp3) is 0.536. The van der Waals surface area contributed by atoms with Crippen molar-refractivity contribution in [2.45, 2.75) is 75.0 Å². The zero-order valence-electron chi connectivity index (χ0n) is 19.5. The van der Waals surface area contributed by atoms with Crippen molar-refractivity contribution in [3.63, 3.8) is 0 Å². The van der Waals surface area contributed by atoms with Gasteiger partial charge >= 0.3 is 0 Å². The minimum absolute atomic E-state index is 0.105. The lowest BCUT2D eigenvalue weighted by Gasteiger charge is -2.40. The lowest BCUT2D eigenvalue weighted by Crippen LogP contribution is -2.39. The van der Waals surface area contributed by atoms with E-state index in [0.29, 0.717) is 0 Å². The maximum Gasteiger partial charge on any atom is 0.123 e. The van der Waals surface area contributed by atoms with E-state index in [9.17, 15) is 14.0 Å². The lowest BCUT2D eigenvalue weighted by molar-refractivity contribution is 0.215. The number of halogens is 2. The van der Waals surface area contributed by atoms with E-state index >= 15 is 0 Å². The molecule has 0 spiro atoms. The summed E-state index contributed by atoms with van der Waals surface area (Å²) in [6.45, 7) is 1.02. The van der Waals surface area contributed by atoms with Crippen molar-refractivity contribution in [1.29, 1.82) is 5.26 Å². The van der Waals surface area contributed by atoms with Crippen molar-refractivity contribution in [1.82, 2.24) is 4.90 Å². The van der Waals surface area contributed by atoms with Crippen LogP contribution < -0.4 is 0 Å². The molecule has 2 nitrogen and oxygen atoms in total. The minimum atomic E-state index is -0.430. The van der Waals surface area contributed by atoms with Gasteiger partial charge in [0, 0.05) is 12.0 Å². The van der Waals surface area contributed by atoms with Crippen LogP contribution in [-0.2, 0) is 10.8 Å². The third kappa shape index (κ3) is 5.95. The number of nitrogens with zero attached hydrogens (tertiary/aromatic N) is 2. The van der Waals surface area contributed by atoms with Crippen LogP contribution in [0.2, 0.25) is 0 Å². The quantitative estimate of drug-likeness (QED) is 0.507. The summed E-state index contributed by atoms with van der Waals surface area (Å²) < 4.78 is 26.5. The maximum absolute atomic E-state index is 13.4. The van der Waals surface area contributed by atoms with Gasteiger partial charge in [0.15, 0.2) is 0 Å². The van der Waals surface area contributed by atoms with Gasteiger partial charge in [0.25, 0.3) is 0 Å². The molecule has 0 N–H and O–H groups in total. The molecule has 2 fully saturated rings. The second kappa shape index (κ2) is 11.1. The van der Waals surface area contributed by atoms with E-state index in [1.807, 2.05) is 12.1 Å². The first-order valence-corrected chi connectivity index (χ1v) is 12.0. The monoisotopic (exact) mass is 438 g/mol. The Kier molecular flexibility index (Phi) is 8.43. The highest BCUT2D eigenvalue weighted by atomic mass is 19.1. The van der Waals surface area contributed by atoms with E-state index in [1.165, 1.54) is 62.3 Å². The van der Waals surface area contributed by atoms with Crippen LogP contribution in [0.4, 0.5) is 8.78 Å². The van der Waals surface area contributed by atoms with Gasteiger partial charge < -0.3 is 4.90 Å². The lowest BCUT2D eigenvalue weighted by atomic mass is 9.69. The van der Waals surface area contributed by atoms with Gasteiger partial charge in [0.05, 0.1) is 11.5 Å². The Hall–Kier alpha value is -2.25. The van der Waals surface area contributed by atoms with Gasteiger partial charge in [-0.2, -0.15) is 5.26 Å². The Morgan fingerprint density at radius 3 is 1.78 bits per heavy atom. The van der Waals surface area contributed by atoms with Crippen molar-refractivity contribution in [2.24, 2.45) is 0 Å². The summed E-state index contributed by atoms with van der Waals surface area (Å²) >= 11 is 0. The van der Waals surface area contributed by atoms with Crippen LogP contribution in [0.5, 0.6) is 0 Å². The molecule has 0 atom stereocenters. The number of hydrogen-bond donors (Lipinski definition) is 0. The minimum Gasteiger partial charge on any atom is -0.309 e. The van der Waals surface area contributed by atoms with Gasteiger partial charge in [0.1, 0.15) is 11.6 Å². The van der Waals surface area contributed by atoms with Crippen molar-refractivity contribution in [2.75, 3.05) is 20.6 Å². The summed E-state index contributed by atoms with van der Waals surface area (Å²) in [5.41, 5.74) is 1.78. The molecule has 0 aromatic heterocycles. The fourth-order valence-electron chi connectivity index (χ4n) is 5.60. The third-order valence-electron chi connectivity index (χ3n) is 7.16. The van der Waals surface area contributed by atoms with Gasteiger partial charge in [-0.3, -0.25) is 0 Å². The molecule has 0 amide bonds. The van der Waals surface area contributed by atoms with Crippen LogP contribution in [0, 0.1) is 23.0 Å². The fourth-order valence-corrected chi connectivity index (χ4v) is 5.60. The molecule has 2 aliphatic carbocycles. The summed E-state index contributed by atoms with van der Waals surface area (Å²) in [7, 11) is 4.21. The van der Waals surface area contributed by atoms with Crippen molar-refractivity contribution in [3.05, 3.63) is 71.3 Å². The molecule has 2 aromatic carbocycles. The molecule has 4 heteroatoms. The molecular weight excluding hydrogens is 402 g/mol. The third-order valence-corrected chi connectivity index (χ3v) is 7.16. The van der Waals surface area contributed by atoms with Crippen LogP contribution in [0.15, 0.2) is 48.5 Å². The summed E-state index contributed by atoms with van der Waals surface area (Å²) in [5, 5.41) is 9.31.